The smallest absolute Gasteiger partial charge is 0.218 e. The molecule has 0 bridgehead atoms. The number of rotatable bonds is 11. The van der Waals surface area contributed by atoms with E-state index in [1.165, 1.54) is 25.3 Å². The first kappa shape index (κ1) is 49.6. The fourth-order valence-corrected chi connectivity index (χ4v) is 7.22. The summed E-state index contributed by atoms with van der Waals surface area (Å²) >= 11 is 0. The topological polar surface area (TPSA) is 444 Å². The van der Waals surface area contributed by atoms with E-state index in [0.717, 1.165) is 62.3 Å². The van der Waals surface area contributed by atoms with Crippen molar-refractivity contribution < 1.29 is 0 Å². The number of hydrogen-bond acceptors (Lipinski definition) is 23. The zero-order chi connectivity index (χ0) is 52.8. The van der Waals surface area contributed by atoms with Gasteiger partial charge in [0, 0.05) is 100 Å². The predicted molar refractivity (Wildman–Crippen MR) is 271 cm³/mol. The molecule has 0 saturated heterocycles. The van der Waals surface area contributed by atoms with Crippen molar-refractivity contribution in [3.8, 4) is 29.4 Å². The number of aromatic amines is 4. The van der Waals surface area contributed by atoms with Gasteiger partial charge in [-0.2, -0.15) is 20.6 Å². The number of aryl methyl sites for hydroxylation is 2. The van der Waals surface area contributed by atoms with Gasteiger partial charge in [-0.05, 0) is 48.2 Å². The highest BCUT2D eigenvalue weighted by Gasteiger charge is 2.18. The van der Waals surface area contributed by atoms with Crippen LogP contribution in [0, 0.1) is 25.2 Å². The van der Waals surface area contributed by atoms with Crippen molar-refractivity contribution in [3.63, 3.8) is 0 Å². The summed E-state index contributed by atoms with van der Waals surface area (Å²) in [4.78, 5) is 72.2. The molecule has 0 unspecified atom stereocenters. The minimum Gasteiger partial charge on any atom is -0.382 e. The predicted octanol–water partition coefficient (Wildman–Crippen LogP) is 1.60. The fourth-order valence-electron chi connectivity index (χ4n) is 7.22. The van der Waals surface area contributed by atoms with Crippen LogP contribution in [0.2, 0.25) is 0 Å². The molecule has 0 atom stereocenters. The molecule has 76 heavy (non-hydrogen) atoms. The number of imidazole rings is 4. The average Bonchev–Trinajstić information content (AvgIpc) is 4.35. The number of nitrogens with two attached hydrogens (primary N) is 4. The number of nitrogen functional groups attached to an aromatic ring is 2. The third kappa shape index (κ3) is 12.0. The van der Waals surface area contributed by atoms with Gasteiger partial charge in [-0.3, -0.25) is 19.0 Å². The first-order valence-electron chi connectivity index (χ1n) is 22.6. The van der Waals surface area contributed by atoms with Crippen LogP contribution in [0.5, 0.6) is 0 Å². The lowest BCUT2D eigenvalue weighted by Gasteiger charge is -1.97. The van der Waals surface area contributed by atoms with Gasteiger partial charge < -0.3 is 33.0 Å². The van der Waals surface area contributed by atoms with Gasteiger partial charge in [0.15, 0.2) is 34.6 Å². The molecule has 0 spiro atoms. The minimum absolute atomic E-state index is 0.104. The normalized spacial score (nSPS) is 11.0. The average molecular weight is 1020 g/mol. The Labute approximate surface area is 428 Å². The molecule has 0 aliphatic heterocycles. The molecule has 0 amide bonds. The summed E-state index contributed by atoms with van der Waals surface area (Å²) in [7, 11) is 0. The Balaban J connectivity index is 0.000000124. The van der Waals surface area contributed by atoms with Gasteiger partial charge >= 0.3 is 0 Å². The molecule has 0 radical (unpaired) electrons. The molecule has 0 aliphatic carbocycles. The largest absolute Gasteiger partial charge is 0.382 e. The second kappa shape index (κ2) is 23.2. The van der Waals surface area contributed by atoms with Crippen molar-refractivity contribution in [2.75, 3.05) is 11.5 Å². The molecule has 12 N–H and O–H groups in total. The number of H-pyrrole nitrogens is 4. The van der Waals surface area contributed by atoms with E-state index < -0.39 is 0 Å². The molecule has 12 aromatic rings. The van der Waals surface area contributed by atoms with Crippen molar-refractivity contribution >= 4 is 28.8 Å². The van der Waals surface area contributed by atoms with Crippen LogP contribution in [0.15, 0.2) is 117 Å². The Bertz CT molecular complexity index is 3870. The summed E-state index contributed by atoms with van der Waals surface area (Å²) in [5, 5.41) is 26.2. The van der Waals surface area contributed by atoms with Gasteiger partial charge in [0.25, 0.3) is 0 Å². The van der Waals surface area contributed by atoms with Gasteiger partial charge in [0.2, 0.25) is 17.5 Å². The highest BCUT2D eigenvalue weighted by Crippen LogP contribution is 2.22. The summed E-state index contributed by atoms with van der Waals surface area (Å²) in [6.07, 6.45) is 29.2. The number of anilines is 2. The highest BCUT2D eigenvalue weighted by molar-refractivity contribution is 5.94. The summed E-state index contributed by atoms with van der Waals surface area (Å²) in [6.45, 7) is 3.68. The molecule has 0 aliphatic rings. The third-order valence-electron chi connectivity index (χ3n) is 10.6. The van der Waals surface area contributed by atoms with Crippen LogP contribution in [0.3, 0.4) is 0 Å². The zero-order valence-corrected chi connectivity index (χ0v) is 40.4. The van der Waals surface area contributed by atoms with Gasteiger partial charge in [-0.25, -0.2) is 79.7 Å². The van der Waals surface area contributed by atoms with Crippen LogP contribution in [0.1, 0.15) is 68.3 Å². The van der Waals surface area contributed by atoms with Crippen molar-refractivity contribution in [1.29, 1.82) is 5.26 Å². The molecule has 0 saturated carbocycles. The second-order valence-electron chi connectivity index (χ2n) is 16.1. The maximum atomic E-state index is 9.03. The van der Waals surface area contributed by atoms with Crippen LogP contribution < -0.4 is 23.0 Å². The number of nitrogens with zero attached hydrogens (tertiary/aromatic N) is 22. The van der Waals surface area contributed by atoms with E-state index in [1.807, 2.05) is 30.5 Å². The van der Waals surface area contributed by atoms with E-state index in [-0.39, 0.29) is 5.84 Å². The monoisotopic (exact) mass is 1020 g/mol. The first-order valence-corrected chi connectivity index (χ1v) is 22.6. The summed E-state index contributed by atoms with van der Waals surface area (Å²) in [5.41, 5.74) is 25.5. The van der Waals surface area contributed by atoms with Crippen LogP contribution in [-0.2, 0) is 25.7 Å². The summed E-state index contributed by atoms with van der Waals surface area (Å²) in [5.74, 6) is 10.4. The third-order valence-corrected chi connectivity index (χ3v) is 10.6. The molecule has 12 heterocycles. The van der Waals surface area contributed by atoms with E-state index in [9.17, 15) is 0 Å². The van der Waals surface area contributed by atoms with E-state index >= 15 is 0 Å². The van der Waals surface area contributed by atoms with Crippen LogP contribution >= 0.6 is 0 Å². The molecule has 12 rings (SSSR count). The summed E-state index contributed by atoms with van der Waals surface area (Å²) in [6, 6.07) is 5.68. The van der Waals surface area contributed by atoms with Crippen molar-refractivity contribution in [2.24, 2.45) is 16.7 Å². The molecule has 0 fully saturated rings. The van der Waals surface area contributed by atoms with Crippen LogP contribution in [0.4, 0.5) is 11.6 Å². The molecule has 30 heteroatoms. The Morgan fingerprint density at radius 3 is 1.54 bits per heavy atom. The molecule has 12 aromatic heterocycles. The van der Waals surface area contributed by atoms with E-state index in [2.05, 4.69) is 121 Å². The zero-order valence-electron chi connectivity index (χ0n) is 40.4. The Morgan fingerprint density at radius 2 is 1.04 bits per heavy atom. The van der Waals surface area contributed by atoms with Crippen molar-refractivity contribution in [3.05, 3.63) is 180 Å². The van der Waals surface area contributed by atoms with Gasteiger partial charge in [-0.1, -0.05) is 0 Å². The summed E-state index contributed by atoms with van der Waals surface area (Å²) < 4.78 is 3.57. The fraction of sp³-hybridized carbons (Fsp3) is 0.130. The Morgan fingerprint density at radius 1 is 0.579 bits per heavy atom. The second-order valence-corrected chi connectivity index (χ2v) is 16.1. The van der Waals surface area contributed by atoms with Crippen molar-refractivity contribution in [2.45, 2.75) is 39.5 Å². The number of nitrogens with one attached hydrogen (secondary N) is 4. The maximum absolute atomic E-state index is 9.03. The highest BCUT2D eigenvalue weighted by atomic mass is 15.3. The lowest BCUT2D eigenvalue weighted by atomic mass is 10.2. The molecule has 378 valence electrons. The van der Waals surface area contributed by atoms with Gasteiger partial charge in [0.05, 0.1) is 22.8 Å². The SMILES string of the molecule is Cc1nc(-c2nc(Cc3cncnc3)c3ncccn23)n[nH]1.Cc1nc(-c2nc(N)c(Cc3cncnc3)[nH]2)n[nH]1.N#Cc1nc(Cc2cncnc2)c2ncccn12.N/N=C(\N)c1nc(N)c(Cc2cncnc2)[nH]1. The Hall–Kier alpha value is -11.4. The van der Waals surface area contributed by atoms with Gasteiger partial charge in [-0.15, -0.1) is 0 Å². The van der Waals surface area contributed by atoms with E-state index in [1.54, 1.807) is 78.6 Å². The van der Waals surface area contributed by atoms with Crippen LogP contribution in [-0.4, -0.2) is 125 Å². The lowest BCUT2D eigenvalue weighted by Crippen LogP contribution is -2.17. The number of hydrogen-bond donors (Lipinski definition) is 8. The van der Waals surface area contributed by atoms with E-state index in [0.29, 0.717) is 77.9 Å². The molecular weight excluding hydrogens is 973 g/mol. The van der Waals surface area contributed by atoms with Crippen LogP contribution in [0.25, 0.3) is 34.6 Å². The minimum atomic E-state index is 0.104. The molecule has 0 aromatic carbocycles. The van der Waals surface area contributed by atoms with Gasteiger partial charge in [0.1, 0.15) is 54.7 Å². The Kier molecular flexibility index (Phi) is 15.2. The molecular formula is C46H44N30. The number of fused-ring (bicyclic) bond motifs is 2. The number of aromatic nitrogens is 24. The van der Waals surface area contributed by atoms with E-state index in [4.69, 9.17) is 28.3 Å². The van der Waals surface area contributed by atoms with Crippen molar-refractivity contribution in [1.82, 2.24) is 119 Å². The quantitative estimate of drug-likeness (QED) is 0.0395. The number of hydrazone groups is 1. The number of amidine groups is 1. The molecule has 30 nitrogen and oxygen atoms in total. The maximum Gasteiger partial charge on any atom is 0.218 e. The lowest BCUT2D eigenvalue weighted by molar-refractivity contribution is 1.02. The first-order chi connectivity index (χ1) is 37.1. The number of nitriles is 1. The standard InChI is InChI=1S/C14H12N8.C12H8N6.C11H12N8.C9H12N8/c1-9-18-12(21-20-9)14-19-11(5-10-6-15-8-16-7-10)13-17-3-2-4-22(13)14;13-5-11-17-10(4-9-6-14-8-15-7-9)12-16-2-1-3-18(11)12;1-6-15-11(19-18-6)10-16-8(9(12)17-10)2-7-3-13-5-14-4-7;10-7-6(1-5-2-13-4-14-3-5)15-9(16-7)8(11)17-12/h2-4,6-8H,5H2,1H3,(H,18,20,21);1-3,6-8H,4H2;3-5H,2,12H2,1H3,(H,16,17)(H,15,18,19);2-4H,1,10,12H2,(H2,11,17)(H,15,16).